The number of hydrogen-bond acceptors (Lipinski definition) is 5. The van der Waals surface area contributed by atoms with E-state index in [1.807, 2.05) is 23.6 Å². The SMILES string of the molecule is O=C(C=Cc1csc(-c2ccccn2)n1)c1ccc(OC(F)F)cc1. The van der Waals surface area contributed by atoms with Crippen LogP contribution in [0.4, 0.5) is 8.78 Å². The lowest BCUT2D eigenvalue weighted by Gasteiger charge is -2.04. The van der Waals surface area contributed by atoms with Crippen LogP contribution in [0.3, 0.4) is 0 Å². The van der Waals surface area contributed by atoms with Gasteiger partial charge in [-0.1, -0.05) is 6.07 Å². The number of hydrogen-bond donors (Lipinski definition) is 0. The number of benzene rings is 1. The highest BCUT2D eigenvalue weighted by Gasteiger charge is 2.07. The average Bonchev–Trinajstić information content (AvgIpc) is 3.10. The van der Waals surface area contributed by atoms with E-state index in [9.17, 15) is 13.6 Å². The Morgan fingerprint density at radius 1 is 1.16 bits per heavy atom. The second-order valence-corrected chi connectivity index (χ2v) is 5.75. The van der Waals surface area contributed by atoms with Gasteiger partial charge in [-0.15, -0.1) is 11.3 Å². The van der Waals surface area contributed by atoms with Crippen molar-refractivity contribution in [3.05, 3.63) is 71.4 Å². The zero-order valence-corrected chi connectivity index (χ0v) is 13.6. The summed E-state index contributed by atoms with van der Waals surface area (Å²) in [5.41, 5.74) is 1.79. The van der Waals surface area contributed by atoms with Gasteiger partial charge in [0, 0.05) is 17.1 Å². The first kappa shape index (κ1) is 16.9. The Morgan fingerprint density at radius 3 is 2.64 bits per heavy atom. The molecule has 0 saturated heterocycles. The maximum Gasteiger partial charge on any atom is 0.387 e. The van der Waals surface area contributed by atoms with E-state index in [1.54, 1.807) is 12.3 Å². The molecule has 0 unspecified atom stereocenters. The Balaban J connectivity index is 1.67. The Hall–Kier alpha value is -2.93. The Morgan fingerprint density at radius 2 is 1.96 bits per heavy atom. The number of thiazole rings is 1. The van der Waals surface area contributed by atoms with Gasteiger partial charge in [0.2, 0.25) is 0 Å². The first-order chi connectivity index (χ1) is 12.1. The van der Waals surface area contributed by atoms with E-state index in [4.69, 9.17) is 0 Å². The summed E-state index contributed by atoms with van der Waals surface area (Å²) < 4.78 is 28.4. The molecule has 3 aromatic rings. The highest BCUT2D eigenvalue weighted by molar-refractivity contribution is 7.13. The number of ether oxygens (including phenoxy) is 1. The van der Waals surface area contributed by atoms with Gasteiger partial charge >= 0.3 is 6.61 Å². The number of carbonyl (C=O) groups is 1. The topological polar surface area (TPSA) is 52.1 Å². The number of pyridine rings is 1. The van der Waals surface area contributed by atoms with Crippen LogP contribution in [0.25, 0.3) is 16.8 Å². The largest absolute Gasteiger partial charge is 0.435 e. The highest BCUT2D eigenvalue weighted by Crippen LogP contribution is 2.22. The molecule has 126 valence electrons. The van der Waals surface area contributed by atoms with Gasteiger partial charge < -0.3 is 4.74 Å². The van der Waals surface area contributed by atoms with Crippen LogP contribution in [0.5, 0.6) is 5.75 Å². The zero-order valence-electron chi connectivity index (χ0n) is 12.8. The molecule has 0 N–H and O–H groups in total. The summed E-state index contributed by atoms with van der Waals surface area (Å²) in [6, 6.07) is 11.1. The van der Waals surface area contributed by atoms with Crippen molar-refractivity contribution in [2.24, 2.45) is 0 Å². The van der Waals surface area contributed by atoms with E-state index in [0.717, 1.165) is 10.7 Å². The zero-order chi connectivity index (χ0) is 17.6. The second-order valence-electron chi connectivity index (χ2n) is 4.89. The van der Waals surface area contributed by atoms with Gasteiger partial charge in [-0.25, -0.2) is 4.98 Å². The van der Waals surface area contributed by atoms with E-state index in [1.165, 1.54) is 41.7 Å². The molecule has 2 aromatic heterocycles. The van der Waals surface area contributed by atoms with Crippen LogP contribution in [0, 0.1) is 0 Å². The monoisotopic (exact) mass is 358 g/mol. The predicted octanol–water partition coefficient (Wildman–Crippen LogP) is 4.70. The van der Waals surface area contributed by atoms with Gasteiger partial charge in [0.05, 0.1) is 11.4 Å². The molecule has 0 fully saturated rings. The number of aromatic nitrogens is 2. The molecule has 1 aromatic carbocycles. The van der Waals surface area contributed by atoms with E-state index in [-0.39, 0.29) is 11.5 Å². The molecule has 0 saturated carbocycles. The molecule has 2 heterocycles. The molecule has 0 spiro atoms. The molecule has 0 radical (unpaired) electrons. The molecular weight excluding hydrogens is 346 g/mol. The summed E-state index contributed by atoms with van der Waals surface area (Å²) in [5, 5.41) is 2.59. The van der Waals surface area contributed by atoms with Crippen molar-refractivity contribution in [3.8, 4) is 16.5 Å². The third-order valence-electron chi connectivity index (χ3n) is 3.18. The molecule has 7 heteroatoms. The number of allylic oxidation sites excluding steroid dienone is 1. The van der Waals surface area contributed by atoms with Crippen LogP contribution >= 0.6 is 11.3 Å². The number of ketones is 1. The van der Waals surface area contributed by atoms with Crippen molar-refractivity contribution in [2.45, 2.75) is 6.61 Å². The number of halogens is 2. The average molecular weight is 358 g/mol. The maximum atomic E-state index is 12.1. The summed E-state index contributed by atoms with van der Waals surface area (Å²) >= 11 is 1.43. The van der Waals surface area contributed by atoms with E-state index in [0.29, 0.717) is 11.3 Å². The Bertz CT molecular complexity index is 878. The van der Waals surface area contributed by atoms with E-state index in [2.05, 4.69) is 14.7 Å². The standard InChI is InChI=1S/C18H12F2N2O2S/c19-18(20)24-14-7-4-12(5-8-14)16(23)9-6-13-11-25-17(22-13)15-3-1-2-10-21-15/h1-11,18H. The molecule has 25 heavy (non-hydrogen) atoms. The van der Waals surface area contributed by atoms with Crippen molar-refractivity contribution in [2.75, 3.05) is 0 Å². The first-order valence-corrected chi connectivity index (χ1v) is 8.14. The summed E-state index contributed by atoms with van der Waals surface area (Å²) in [5.74, 6) is -0.244. The second kappa shape index (κ2) is 7.76. The fourth-order valence-corrected chi connectivity index (χ4v) is 2.79. The van der Waals surface area contributed by atoms with Gasteiger partial charge in [-0.3, -0.25) is 9.78 Å². The van der Waals surface area contributed by atoms with Crippen LogP contribution in [0.15, 0.2) is 60.1 Å². The summed E-state index contributed by atoms with van der Waals surface area (Å²) in [4.78, 5) is 20.7. The van der Waals surface area contributed by atoms with Gasteiger partial charge in [0.1, 0.15) is 10.8 Å². The summed E-state index contributed by atoms with van der Waals surface area (Å²) in [7, 11) is 0. The fourth-order valence-electron chi connectivity index (χ4n) is 2.03. The maximum absolute atomic E-state index is 12.1. The molecule has 4 nitrogen and oxygen atoms in total. The van der Waals surface area contributed by atoms with Crippen molar-refractivity contribution in [1.29, 1.82) is 0 Å². The molecule has 0 aliphatic carbocycles. The Labute approximate surface area is 146 Å². The third kappa shape index (κ3) is 4.54. The number of alkyl halides is 2. The van der Waals surface area contributed by atoms with Crippen LogP contribution in [0.2, 0.25) is 0 Å². The third-order valence-corrected chi connectivity index (χ3v) is 4.06. The van der Waals surface area contributed by atoms with Crippen molar-refractivity contribution >= 4 is 23.2 Å². The van der Waals surface area contributed by atoms with Gasteiger partial charge in [-0.2, -0.15) is 8.78 Å². The molecule has 3 rings (SSSR count). The lowest BCUT2D eigenvalue weighted by molar-refractivity contribution is -0.0498. The predicted molar refractivity (Wildman–Crippen MR) is 91.8 cm³/mol. The molecule has 0 atom stereocenters. The van der Waals surface area contributed by atoms with Crippen LogP contribution in [-0.2, 0) is 0 Å². The quantitative estimate of drug-likeness (QED) is 0.473. The molecular formula is C18H12F2N2O2S. The van der Waals surface area contributed by atoms with E-state index >= 15 is 0 Å². The van der Waals surface area contributed by atoms with Gasteiger partial charge in [0.25, 0.3) is 0 Å². The molecule has 0 amide bonds. The first-order valence-electron chi connectivity index (χ1n) is 7.26. The van der Waals surface area contributed by atoms with Crippen LogP contribution in [-0.4, -0.2) is 22.4 Å². The lowest BCUT2D eigenvalue weighted by atomic mass is 10.1. The summed E-state index contributed by atoms with van der Waals surface area (Å²) in [6.07, 6.45) is 4.69. The summed E-state index contributed by atoms with van der Waals surface area (Å²) in [6.45, 7) is -2.89. The van der Waals surface area contributed by atoms with E-state index < -0.39 is 6.61 Å². The fraction of sp³-hybridized carbons (Fsp3) is 0.0556. The van der Waals surface area contributed by atoms with Crippen molar-refractivity contribution in [3.63, 3.8) is 0 Å². The normalized spacial score (nSPS) is 11.2. The minimum atomic E-state index is -2.89. The minimum absolute atomic E-state index is 0.00929. The smallest absolute Gasteiger partial charge is 0.387 e. The van der Waals surface area contributed by atoms with Gasteiger partial charge in [-0.05, 0) is 48.6 Å². The minimum Gasteiger partial charge on any atom is -0.435 e. The molecule has 0 aliphatic rings. The van der Waals surface area contributed by atoms with Crippen molar-refractivity contribution in [1.82, 2.24) is 9.97 Å². The highest BCUT2D eigenvalue weighted by atomic mass is 32.1. The van der Waals surface area contributed by atoms with Gasteiger partial charge in [0.15, 0.2) is 5.78 Å². The number of carbonyl (C=O) groups excluding carboxylic acids is 1. The Kier molecular flexibility index (Phi) is 5.25. The lowest BCUT2D eigenvalue weighted by Crippen LogP contribution is -2.02. The van der Waals surface area contributed by atoms with Crippen LogP contribution < -0.4 is 4.74 Å². The number of rotatable bonds is 6. The molecule has 0 bridgehead atoms. The number of nitrogens with zero attached hydrogens (tertiary/aromatic N) is 2. The molecule has 0 aliphatic heterocycles. The van der Waals surface area contributed by atoms with Crippen LogP contribution in [0.1, 0.15) is 16.1 Å². The van der Waals surface area contributed by atoms with Crippen molar-refractivity contribution < 1.29 is 18.3 Å².